The van der Waals surface area contributed by atoms with Crippen LogP contribution in [0.25, 0.3) is 0 Å². The molecule has 0 aromatic heterocycles. The lowest BCUT2D eigenvalue weighted by atomic mass is 10.2. The molecule has 1 heteroatoms. The molecule has 78 valence electrons. The molecule has 0 bridgehead atoms. The molecule has 1 fully saturated rings. The van der Waals surface area contributed by atoms with E-state index in [0.29, 0.717) is 0 Å². The Balaban J connectivity index is 2.14. The average molecular weight is 191 g/mol. The second-order valence-corrected chi connectivity index (χ2v) is 3.99. The zero-order chi connectivity index (χ0) is 10.2. The summed E-state index contributed by atoms with van der Waals surface area (Å²) >= 11 is 0. The first kappa shape index (κ1) is 11.3. The number of rotatable bonds is 4. The minimum Gasteiger partial charge on any atom is -0.299 e. The molecule has 0 aromatic carbocycles. The van der Waals surface area contributed by atoms with E-state index in [4.69, 9.17) is 0 Å². The van der Waals surface area contributed by atoms with Gasteiger partial charge in [-0.3, -0.25) is 4.90 Å². The van der Waals surface area contributed by atoms with Crippen LogP contribution in [0.1, 0.15) is 20.3 Å². The van der Waals surface area contributed by atoms with Crippen molar-refractivity contribution in [2.45, 2.75) is 20.3 Å². The smallest absolute Gasteiger partial charge is 0.0166 e. The van der Waals surface area contributed by atoms with Gasteiger partial charge < -0.3 is 0 Å². The number of hydrogen-bond acceptors (Lipinski definition) is 1. The molecule has 0 N–H and O–H groups in total. The third kappa shape index (κ3) is 4.43. The van der Waals surface area contributed by atoms with Crippen LogP contribution in [-0.2, 0) is 0 Å². The van der Waals surface area contributed by atoms with E-state index in [2.05, 4.69) is 36.1 Å². The highest BCUT2D eigenvalue weighted by Gasteiger charge is 2.16. The van der Waals surface area contributed by atoms with Gasteiger partial charge in [0, 0.05) is 13.1 Å². The van der Waals surface area contributed by atoms with Gasteiger partial charge in [-0.05, 0) is 25.8 Å². The van der Waals surface area contributed by atoms with Gasteiger partial charge in [-0.15, -0.1) is 0 Å². The molecule has 1 aliphatic heterocycles. The summed E-state index contributed by atoms with van der Waals surface area (Å²) in [5, 5.41) is 0. The fraction of sp³-hybridized carbons (Fsp3) is 0.538. The van der Waals surface area contributed by atoms with Crippen molar-refractivity contribution in [1.29, 1.82) is 0 Å². The number of allylic oxidation sites excluding steroid dienone is 5. The van der Waals surface area contributed by atoms with Crippen LogP contribution in [0.3, 0.4) is 0 Å². The third-order valence-electron chi connectivity index (χ3n) is 2.53. The maximum absolute atomic E-state index is 2.50. The van der Waals surface area contributed by atoms with Gasteiger partial charge in [0.2, 0.25) is 0 Å². The van der Waals surface area contributed by atoms with Crippen LogP contribution in [0.4, 0.5) is 0 Å². The van der Waals surface area contributed by atoms with Gasteiger partial charge in [-0.25, -0.2) is 0 Å². The standard InChI is InChI=1S/C13H21N/c1-3-4-5-6-7-8-10-14-11-9-13(2)12-14/h3-8,13H,9-12H2,1-2H3/b4-3-,6-5-,8-7+/t13-/m1/s1. The van der Waals surface area contributed by atoms with E-state index in [0.717, 1.165) is 12.5 Å². The normalized spacial score (nSPS) is 24.9. The Morgan fingerprint density at radius 2 is 2.00 bits per heavy atom. The van der Waals surface area contributed by atoms with Crippen molar-refractivity contribution in [2.24, 2.45) is 5.92 Å². The van der Waals surface area contributed by atoms with E-state index < -0.39 is 0 Å². The highest BCUT2D eigenvalue weighted by molar-refractivity contribution is 5.10. The first-order valence-electron chi connectivity index (χ1n) is 5.49. The highest BCUT2D eigenvalue weighted by atomic mass is 15.1. The molecular weight excluding hydrogens is 170 g/mol. The molecule has 0 amide bonds. The van der Waals surface area contributed by atoms with Crippen molar-refractivity contribution in [3.63, 3.8) is 0 Å². The molecule has 0 aromatic rings. The lowest BCUT2D eigenvalue weighted by Gasteiger charge is -2.11. The summed E-state index contributed by atoms with van der Waals surface area (Å²) in [7, 11) is 0. The monoisotopic (exact) mass is 191 g/mol. The molecule has 1 nitrogen and oxygen atoms in total. The Hall–Kier alpha value is -0.820. The van der Waals surface area contributed by atoms with E-state index in [-0.39, 0.29) is 0 Å². The van der Waals surface area contributed by atoms with Crippen LogP contribution in [0, 0.1) is 5.92 Å². The lowest BCUT2D eigenvalue weighted by molar-refractivity contribution is 0.364. The average Bonchev–Trinajstić information content (AvgIpc) is 2.58. The van der Waals surface area contributed by atoms with Crippen LogP contribution < -0.4 is 0 Å². The summed E-state index contributed by atoms with van der Waals surface area (Å²) in [6.07, 6.45) is 13.9. The van der Waals surface area contributed by atoms with Gasteiger partial charge in [0.05, 0.1) is 0 Å². The maximum Gasteiger partial charge on any atom is 0.0166 e. The molecule has 1 atom stereocenters. The molecule has 0 unspecified atom stereocenters. The van der Waals surface area contributed by atoms with E-state index >= 15 is 0 Å². The molecule has 1 saturated heterocycles. The number of likely N-dealkylation sites (tertiary alicyclic amines) is 1. The van der Waals surface area contributed by atoms with Crippen LogP contribution in [0.2, 0.25) is 0 Å². The van der Waals surface area contributed by atoms with Crippen molar-refractivity contribution in [3.05, 3.63) is 36.5 Å². The first-order valence-corrected chi connectivity index (χ1v) is 5.49. The van der Waals surface area contributed by atoms with Crippen LogP contribution in [0.5, 0.6) is 0 Å². The Bertz CT molecular complexity index is 225. The van der Waals surface area contributed by atoms with Crippen molar-refractivity contribution >= 4 is 0 Å². The van der Waals surface area contributed by atoms with Gasteiger partial charge in [0.15, 0.2) is 0 Å². The Morgan fingerprint density at radius 3 is 2.64 bits per heavy atom. The molecule has 14 heavy (non-hydrogen) atoms. The predicted molar refractivity (Wildman–Crippen MR) is 63.3 cm³/mol. The van der Waals surface area contributed by atoms with Crippen LogP contribution in [-0.4, -0.2) is 24.5 Å². The Morgan fingerprint density at radius 1 is 1.21 bits per heavy atom. The van der Waals surface area contributed by atoms with E-state index in [1.807, 2.05) is 19.1 Å². The summed E-state index contributed by atoms with van der Waals surface area (Å²) in [4.78, 5) is 2.50. The SMILES string of the molecule is C\C=C/C=C\C=C\CN1CC[C@@H](C)C1. The molecule has 1 aliphatic rings. The number of nitrogens with zero attached hydrogens (tertiary/aromatic N) is 1. The molecule has 0 radical (unpaired) electrons. The largest absolute Gasteiger partial charge is 0.299 e. The molecular formula is C13H21N. The van der Waals surface area contributed by atoms with Crippen molar-refractivity contribution in [2.75, 3.05) is 19.6 Å². The molecule has 0 spiro atoms. The summed E-state index contributed by atoms with van der Waals surface area (Å²) in [5.41, 5.74) is 0. The Labute approximate surface area is 87.8 Å². The fourth-order valence-electron chi connectivity index (χ4n) is 1.72. The van der Waals surface area contributed by atoms with Crippen molar-refractivity contribution in [1.82, 2.24) is 4.90 Å². The van der Waals surface area contributed by atoms with Crippen molar-refractivity contribution < 1.29 is 0 Å². The quantitative estimate of drug-likeness (QED) is 0.617. The lowest BCUT2D eigenvalue weighted by Crippen LogP contribution is -2.19. The molecule has 0 saturated carbocycles. The second-order valence-electron chi connectivity index (χ2n) is 3.99. The molecule has 0 aliphatic carbocycles. The summed E-state index contributed by atoms with van der Waals surface area (Å²) < 4.78 is 0. The topological polar surface area (TPSA) is 3.24 Å². The van der Waals surface area contributed by atoms with Crippen molar-refractivity contribution in [3.8, 4) is 0 Å². The fourth-order valence-corrected chi connectivity index (χ4v) is 1.72. The van der Waals surface area contributed by atoms with Crippen LogP contribution >= 0.6 is 0 Å². The summed E-state index contributed by atoms with van der Waals surface area (Å²) in [6, 6.07) is 0. The minimum atomic E-state index is 0.891. The van der Waals surface area contributed by atoms with Gasteiger partial charge >= 0.3 is 0 Å². The zero-order valence-electron chi connectivity index (χ0n) is 9.32. The highest BCUT2D eigenvalue weighted by Crippen LogP contribution is 2.14. The number of hydrogen-bond donors (Lipinski definition) is 0. The Kier molecular flexibility index (Phi) is 5.31. The third-order valence-corrected chi connectivity index (χ3v) is 2.53. The zero-order valence-corrected chi connectivity index (χ0v) is 9.32. The van der Waals surface area contributed by atoms with Gasteiger partial charge in [0.25, 0.3) is 0 Å². The van der Waals surface area contributed by atoms with E-state index in [1.165, 1.54) is 19.5 Å². The van der Waals surface area contributed by atoms with Gasteiger partial charge in [-0.2, -0.15) is 0 Å². The minimum absolute atomic E-state index is 0.891. The van der Waals surface area contributed by atoms with Gasteiger partial charge in [0.1, 0.15) is 0 Å². The maximum atomic E-state index is 2.50. The molecule has 1 heterocycles. The predicted octanol–water partition coefficient (Wildman–Crippen LogP) is 3.02. The van der Waals surface area contributed by atoms with Gasteiger partial charge in [-0.1, -0.05) is 43.4 Å². The molecule has 1 rings (SSSR count). The summed E-state index contributed by atoms with van der Waals surface area (Å²) in [5.74, 6) is 0.891. The second kappa shape index (κ2) is 6.61. The van der Waals surface area contributed by atoms with Crippen LogP contribution in [0.15, 0.2) is 36.5 Å². The first-order chi connectivity index (χ1) is 6.83. The van der Waals surface area contributed by atoms with E-state index in [9.17, 15) is 0 Å². The van der Waals surface area contributed by atoms with E-state index in [1.54, 1.807) is 0 Å². The summed E-state index contributed by atoms with van der Waals surface area (Å²) in [6.45, 7) is 7.99.